The van der Waals surface area contributed by atoms with E-state index in [0.717, 1.165) is 14.7 Å². The average molecular weight is 366 g/mol. The highest BCUT2D eigenvalue weighted by Gasteiger charge is 2.00. The molecule has 18 heavy (non-hydrogen) atoms. The molecule has 0 atom stereocenters. The van der Waals surface area contributed by atoms with Gasteiger partial charge < -0.3 is 0 Å². The number of nitriles is 1. The van der Waals surface area contributed by atoms with Gasteiger partial charge in [0.25, 0.3) is 0 Å². The topological polar surface area (TPSA) is 23.8 Å². The summed E-state index contributed by atoms with van der Waals surface area (Å²) in [6.07, 6.45) is 1.86. The van der Waals surface area contributed by atoms with E-state index in [0.29, 0.717) is 10.6 Å². The van der Waals surface area contributed by atoms with E-state index in [1.807, 2.05) is 54.6 Å². The van der Waals surface area contributed by atoms with Crippen LogP contribution in [0.4, 0.5) is 0 Å². The SMILES string of the molecule is N#C/C(=C/c1ccc(Cl)cc1)c1ccc(I)cc1. The van der Waals surface area contributed by atoms with Crippen molar-refractivity contribution in [3.8, 4) is 6.07 Å². The van der Waals surface area contributed by atoms with Crippen molar-refractivity contribution in [1.29, 1.82) is 5.26 Å². The Bertz CT molecular complexity index is 606. The van der Waals surface area contributed by atoms with E-state index in [1.165, 1.54) is 0 Å². The second-order valence-corrected chi connectivity index (χ2v) is 5.41. The van der Waals surface area contributed by atoms with Crippen LogP contribution in [-0.2, 0) is 0 Å². The number of rotatable bonds is 2. The van der Waals surface area contributed by atoms with Crippen molar-refractivity contribution in [2.45, 2.75) is 0 Å². The predicted molar refractivity (Wildman–Crippen MR) is 84.1 cm³/mol. The minimum Gasteiger partial charge on any atom is -0.192 e. The molecule has 0 radical (unpaired) electrons. The normalized spacial score (nSPS) is 11.1. The molecule has 0 amide bonds. The lowest BCUT2D eigenvalue weighted by Gasteiger charge is -2.00. The molecule has 0 bridgehead atoms. The van der Waals surface area contributed by atoms with Crippen LogP contribution in [-0.4, -0.2) is 0 Å². The van der Waals surface area contributed by atoms with E-state index in [2.05, 4.69) is 28.7 Å². The predicted octanol–water partition coefficient (Wildman–Crippen LogP) is 5.01. The molecule has 1 nitrogen and oxygen atoms in total. The number of allylic oxidation sites excluding steroid dienone is 1. The van der Waals surface area contributed by atoms with Gasteiger partial charge in [-0.2, -0.15) is 5.26 Å². The lowest BCUT2D eigenvalue weighted by molar-refractivity contribution is 1.52. The van der Waals surface area contributed by atoms with Crippen molar-refractivity contribution in [3.63, 3.8) is 0 Å². The minimum absolute atomic E-state index is 0.647. The molecule has 2 rings (SSSR count). The van der Waals surface area contributed by atoms with E-state index in [1.54, 1.807) is 0 Å². The maximum atomic E-state index is 9.22. The summed E-state index contributed by atoms with van der Waals surface area (Å²) in [4.78, 5) is 0. The van der Waals surface area contributed by atoms with Crippen LogP contribution in [0.15, 0.2) is 48.5 Å². The summed E-state index contributed by atoms with van der Waals surface area (Å²) in [6, 6.07) is 17.5. The quantitative estimate of drug-likeness (QED) is 0.417. The van der Waals surface area contributed by atoms with Crippen LogP contribution in [0.25, 0.3) is 11.6 Å². The minimum atomic E-state index is 0.647. The van der Waals surface area contributed by atoms with Gasteiger partial charge in [0.1, 0.15) is 0 Å². The maximum absolute atomic E-state index is 9.22. The first-order chi connectivity index (χ1) is 8.69. The number of hydrogen-bond donors (Lipinski definition) is 0. The molecule has 0 saturated carbocycles. The zero-order valence-electron chi connectivity index (χ0n) is 9.40. The summed E-state index contributed by atoms with van der Waals surface area (Å²) in [5.41, 5.74) is 2.54. The zero-order chi connectivity index (χ0) is 13.0. The largest absolute Gasteiger partial charge is 0.192 e. The summed E-state index contributed by atoms with van der Waals surface area (Å²) in [5, 5.41) is 9.91. The van der Waals surface area contributed by atoms with Gasteiger partial charge in [-0.15, -0.1) is 0 Å². The molecular formula is C15H9ClIN. The van der Waals surface area contributed by atoms with E-state index in [-0.39, 0.29) is 0 Å². The monoisotopic (exact) mass is 365 g/mol. The third-order valence-corrected chi connectivity index (χ3v) is 3.43. The van der Waals surface area contributed by atoms with Crippen LogP contribution in [0, 0.1) is 14.9 Å². The van der Waals surface area contributed by atoms with Crippen molar-refractivity contribution in [1.82, 2.24) is 0 Å². The molecule has 3 heteroatoms. The molecule has 0 fully saturated rings. The molecule has 0 heterocycles. The van der Waals surface area contributed by atoms with Gasteiger partial charge in [0.15, 0.2) is 0 Å². The number of hydrogen-bond acceptors (Lipinski definition) is 1. The third kappa shape index (κ3) is 3.34. The van der Waals surface area contributed by atoms with Crippen molar-refractivity contribution in [2.24, 2.45) is 0 Å². The summed E-state index contributed by atoms with van der Waals surface area (Å²) >= 11 is 8.07. The Morgan fingerprint density at radius 3 is 2.22 bits per heavy atom. The van der Waals surface area contributed by atoms with Gasteiger partial charge in [-0.25, -0.2) is 0 Å². The fourth-order valence-corrected chi connectivity index (χ4v) is 2.02. The summed E-state index contributed by atoms with van der Waals surface area (Å²) in [7, 11) is 0. The molecule has 0 aliphatic heterocycles. The summed E-state index contributed by atoms with van der Waals surface area (Å²) in [6.45, 7) is 0. The molecule has 0 saturated heterocycles. The van der Waals surface area contributed by atoms with Crippen LogP contribution in [0.1, 0.15) is 11.1 Å². The zero-order valence-corrected chi connectivity index (χ0v) is 12.3. The maximum Gasteiger partial charge on any atom is 0.0998 e. The fourth-order valence-electron chi connectivity index (χ4n) is 1.54. The molecule has 2 aromatic rings. The lowest BCUT2D eigenvalue weighted by Crippen LogP contribution is -1.82. The first-order valence-electron chi connectivity index (χ1n) is 5.32. The molecule has 0 unspecified atom stereocenters. The van der Waals surface area contributed by atoms with E-state index in [9.17, 15) is 5.26 Å². The van der Waals surface area contributed by atoms with Gasteiger partial charge in [0, 0.05) is 8.59 Å². The molecule has 0 aromatic heterocycles. The Hall–Kier alpha value is -1.31. The van der Waals surface area contributed by atoms with Gasteiger partial charge in [0.2, 0.25) is 0 Å². The van der Waals surface area contributed by atoms with Crippen molar-refractivity contribution >= 4 is 45.8 Å². The Morgan fingerprint density at radius 2 is 1.67 bits per heavy atom. The van der Waals surface area contributed by atoms with Gasteiger partial charge in [-0.3, -0.25) is 0 Å². The van der Waals surface area contributed by atoms with Crippen molar-refractivity contribution in [2.75, 3.05) is 0 Å². The highest BCUT2D eigenvalue weighted by atomic mass is 127. The molecule has 0 spiro atoms. The van der Waals surface area contributed by atoms with Crippen molar-refractivity contribution in [3.05, 3.63) is 68.3 Å². The summed E-state index contributed by atoms with van der Waals surface area (Å²) < 4.78 is 1.15. The fraction of sp³-hybridized carbons (Fsp3) is 0. The number of benzene rings is 2. The first-order valence-corrected chi connectivity index (χ1v) is 6.78. The molecule has 0 aliphatic carbocycles. The van der Waals surface area contributed by atoms with E-state index < -0.39 is 0 Å². The Morgan fingerprint density at radius 1 is 1.06 bits per heavy atom. The van der Waals surface area contributed by atoms with Crippen LogP contribution >= 0.6 is 34.2 Å². The number of nitrogens with zero attached hydrogens (tertiary/aromatic N) is 1. The smallest absolute Gasteiger partial charge is 0.0998 e. The Labute approximate surface area is 125 Å². The van der Waals surface area contributed by atoms with Crippen LogP contribution in [0.5, 0.6) is 0 Å². The average Bonchev–Trinajstić information content (AvgIpc) is 2.39. The van der Waals surface area contributed by atoms with Gasteiger partial charge in [-0.05, 0) is 64.1 Å². The highest BCUT2D eigenvalue weighted by molar-refractivity contribution is 14.1. The Balaban J connectivity index is 2.37. The van der Waals surface area contributed by atoms with E-state index >= 15 is 0 Å². The third-order valence-electron chi connectivity index (χ3n) is 2.46. The second kappa shape index (κ2) is 6.03. The molecule has 0 aliphatic rings. The lowest BCUT2D eigenvalue weighted by atomic mass is 10.0. The van der Waals surface area contributed by atoms with Crippen molar-refractivity contribution < 1.29 is 0 Å². The molecule has 2 aromatic carbocycles. The molecular weight excluding hydrogens is 357 g/mol. The van der Waals surface area contributed by atoms with Gasteiger partial charge in [-0.1, -0.05) is 35.9 Å². The molecule has 88 valence electrons. The standard InChI is InChI=1S/C15H9ClIN/c16-14-5-1-11(2-6-14)9-13(10-18)12-3-7-15(17)8-4-12/h1-9H/b13-9-. The first kappa shape index (κ1) is 13.1. The highest BCUT2D eigenvalue weighted by Crippen LogP contribution is 2.20. The van der Waals surface area contributed by atoms with Crippen LogP contribution < -0.4 is 0 Å². The van der Waals surface area contributed by atoms with Crippen LogP contribution in [0.3, 0.4) is 0 Å². The van der Waals surface area contributed by atoms with Gasteiger partial charge >= 0.3 is 0 Å². The second-order valence-electron chi connectivity index (χ2n) is 3.73. The Kier molecular flexibility index (Phi) is 4.40. The summed E-state index contributed by atoms with van der Waals surface area (Å²) in [5.74, 6) is 0. The van der Waals surface area contributed by atoms with Crippen LogP contribution in [0.2, 0.25) is 5.02 Å². The molecule has 0 N–H and O–H groups in total. The number of halogens is 2. The van der Waals surface area contributed by atoms with E-state index in [4.69, 9.17) is 11.6 Å². The van der Waals surface area contributed by atoms with Gasteiger partial charge in [0.05, 0.1) is 11.6 Å².